The van der Waals surface area contributed by atoms with Crippen molar-refractivity contribution in [3.8, 4) is 6.19 Å². The minimum Gasteiger partial charge on any atom is -0.369 e. The molecule has 0 unspecified atom stereocenters. The van der Waals surface area contributed by atoms with Gasteiger partial charge in [0, 0.05) is 6.54 Å². The van der Waals surface area contributed by atoms with E-state index in [1.807, 2.05) is 6.19 Å². The summed E-state index contributed by atoms with van der Waals surface area (Å²) >= 11 is 0. The molecule has 66 valence electrons. The van der Waals surface area contributed by atoms with Crippen molar-refractivity contribution in [3.63, 3.8) is 0 Å². The Morgan fingerprint density at radius 2 is 2.50 bits per heavy atom. The first-order valence-corrected chi connectivity index (χ1v) is 3.97. The molecule has 2 N–H and O–H groups in total. The van der Waals surface area contributed by atoms with E-state index in [9.17, 15) is 0 Å². The molecule has 0 aromatic heterocycles. The van der Waals surface area contributed by atoms with Gasteiger partial charge in [0.2, 0.25) is 5.96 Å². The Bertz CT molecular complexity index is 216. The zero-order valence-corrected chi connectivity index (χ0v) is 7.19. The number of nitriles is 1. The average molecular weight is 167 g/mol. The van der Waals surface area contributed by atoms with E-state index >= 15 is 0 Å². The van der Waals surface area contributed by atoms with E-state index in [-0.39, 0.29) is 0 Å². The summed E-state index contributed by atoms with van der Waals surface area (Å²) in [5.74, 6) is 0.324. The minimum absolute atomic E-state index is 0.324. The Balaban J connectivity index is 2.53. The molecule has 1 aliphatic heterocycles. The summed E-state index contributed by atoms with van der Waals surface area (Å²) in [6.07, 6.45) is 3.04. The summed E-state index contributed by atoms with van der Waals surface area (Å²) in [5, 5.41) is 8.64. The number of hydrogen-bond donors (Lipinski definition) is 1. The second kappa shape index (κ2) is 3.93. The quantitative estimate of drug-likeness (QED) is 0.574. The molecule has 0 amide bonds. The monoisotopic (exact) mass is 167 g/mol. The van der Waals surface area contributed by atoms with Gasteiger partial charge in [-0.2, -0.15) is 5.26 Å². The van der Waals surface area contributed by atoms with E-state index in [1.54, 1.807) is 0 Å². The standard InChI is InChI=1S/C7H13N5/c1-2-3-11-5-10-7(9)12(4-8)6-11/h2-3,5-6H2,1H3,(H2,9,10). The van der Waals surface area contributed by atoms with Crippen LogP contribution < -0.4 is 5.73 Å². The van der Waals surface area contributed by atoms with E-state index in [2.05, 4.69) is 16.8 Å². The van der Waals surface area contributed by atoms with Crippen molar-refractivity contribution in [1.29, 1.82) is 5.26 Å². The normalized spacial score (nSPS) is 18.7. The number of guanidine groups is 1. The Kier molecular flexibility index (Phi) is 2.88. The van der Waals surface area contributed by atoms with Crippen LogP contribution in [-0.2, 0) is 0 Å². The lowest BCUT2D eigenvalue weighted by molar-refractivity contribution is 0.206. The largest absolute Gasteiger partial charge is 0.369 e. The van der Waals surface area contributed by atoms with Crippen LogP contribution in [0, 0.1) is 11.5 Å². The van der Waals surface area contributed by atoms with Gasteiger partial charge < -0.3 is 5.73 Å². The highest BCUT2D eigenvalue weighted by Crippen LogP contribution is 2.01. The van der Waals surface area contributed by atoms with Gasteiger partial charge in [-0.3, -0.25) is 4.90 Å². The van der Waals surface area contributed by atoms with Gasteiger partial charge in [0.25, 0.3) is 0 Å². The molecule has 0 saturated carbocycles. The van der Waals surface area contributed by atoms with E-state index in [0.29, 0.717) is 19.3 Å². The van der Waals surface area contributed by atoms with Crippen LogP contribution in [0.1, 0.15) is 13.3 Å². The lowest BCUT2D eigenvalue weighted by Gasteiger charge is -2.28. The summed E-state index contributed by atoms with van der Waals surface area (Å²) in [6, 6.07) is 0. The van der Waals surface area contributed by atoms with Crippen LogP contribution in [0.4, 0.5) is 0 Å². The third kappa shape index (κ3) is 1.86. The summed E-state index contributed by atoms with van der Waals surface area (Å²) in [7, 11) is 0. The predicted molar refractivity (Wildman–Crippen MR) is 45.8 cm³/mol. The highest BCUT2D eigenvalue weighted by atomic mass is 15.4. The fourth-order valence-electron chi connectivity index (χ4n) is 1.12. The average Bonchev–Trinajstić information content (AvgIpc) is 2.09. The topological polar surface area (TPSA) is 68.7 Å². The molecule has 0 fully saturated rings. The highest BCUT2D eigenvalue weighted by molar-refractivity contribution is 5.79. The molecular formula is C7H13N5. The molecule has 0 aliphatic carbocycles. The second-order valence-corrected chi connectivity index (χ2v) is 2.72. The lowest BCUT2D eigenvalue weighted by atomic mass is 10.4. The van der Waals surface area contributed by atoms with Crippen molar-refractivity contribution in [1.82, 2.24) is 9.80 Å². The van der Waals surface area contributed by atoms with E-state index < -0.39 is 0 Å². The molecule has 1 heterocycles. The van der Waals surface area contributed by atoms with E-state index in [0.717, 1.165) is 13.0 Å². The molecule has 5 nitrogen and oxygen atoms in total. The van der Waals surface area contributed by atoms with Crippen molar-refractivity contribution in [3.05, 3.63) is 0 Å². The van der Waals surface area contributed by atoms with Crippen LogP contribution in [-0.4, -0.2) is 35.6 Å². The second-order valence-electron chi connectivity index (χ2n) is 2.72. The Morgan fingerprint density at radius 1 is 1.75 bits per heavy atom. The van der Waals surface area contributed by atoms with Gasteiger partial charge in [-0.15, -0.1) is 0 Å². The van der Waals surface area contributed by atoms with Crippen molar-refractivity contribution in [2.75, 3.05) is 19.9 Å². The lowest BCUT2D eigenvalue weighted by Crippen LogP contribution is -2.47. The van der Waals surface area contributed by atoms with Gasteiger partial charge in [0.05, 0.1) is 13.3 Å². The molecule has 5 heteroatoms. The summed E-state index contributed by atoms with van der Waals surface area (Å²) < 4.78 is 0. The molecular weight excluding hydrogens is 154 g/mol. The van der Waals surface area contributed by atoms with Crippen molar-refractivity contribution < 1.29 is 0 Å². The van der Waals surface area contributed by atoms with Crippen LogP contribution >= 0.6 is 0 Å². The first kappa shape index (κ1) is 8.81. The van der Waals surface area contributed by atoms with Gasteiger partial charge in [-0.05, 0) is 6.42 Å². The first-order chi connectivity index (χ1) is 5.77. The zero-order chi connectivity index (χ0) is 8.97. The fraction of sp³-hybridized carbons (Fsp3) is 0.714. The van der Waals surface area contributed by atoms with Gasteiger partial charge in [-0.1, -0.05) is 6.92 Å². The SMILES string of the molecule is CCCN1CN=C(N)N(C#N)C1. The Hall–Kier alpha value is -1.28. The van der Waals surface area contributed by atoms with Crippen LogP contribution in [0.2, 0.25) is 0 Å². The minimum atomic E-state index is 0.324. The number of aliphatic imine (C=N–C) groups is 1. The number of nitrogens with two attached hydrogens (primary N) is 1. The zero-order valence-electron chi connectivity index (χ0n) is 7.19. The number of rotatable bonds is 2. The summed E-state index contributed by atoms with van der Waals surface area (Å²) in [6.45, 7) is 4.23. The van der Waals surface area contributed by atoms with Crippen LogP contribution in [0.5, 0.6) is 0 Å². The number of nitrogens with zero attached hydrogens (tertiary/aromatic N) is 4. The maximum atomic E-state index is 8.64. The molecule has 0 radical (unpaired) electrons. The van der Waals surface area contributed by atoms with Gasteiger partial charge in [-0.25, -0.2) is 9.89 Å². The van der Waals surface area contributed by atoms with Crippen molar-refractivity contribution in [2.24, 2.45) is 10.7 Å². The van der Waals surface area contributed by atoms with Crippen molar-refractivity contribution >= 4 is 5.96 Å². The molecule has 0 saturated heterocycles. The third-order valence-corrected chi connectivity index (χ3v) is 1.71. The molecule has 0 aromatic rings. The molecule has 0 bridgehead atoms. The maximum absolute atomic E-state index is 8.64. The van der Waals surface area contributed by atoms with Gasteiger partial charge >= 0.3 is 0 Å². The van der Waals surface area contributed by atoms with Crippen LogP contribution in [0.3, 0.4) is 0 Å². The highest BCUT2D eigenvalue weighted by Gasteiger charge is 2.16. The number of hydrogen-bond acceptors (Lipinski definition) is 5. The van der Waals surface area contributed by atoms with E-state index in [1.165, 1.54) is 4.90 Å². The van der Waals surface area contributed by atoms with Gasteiger partial charge in [0.15, 0.2) is 6.19 Å². The van der Waals surface area contributed by atoms with Gasteiger partial charge in [0.1, 0.15) is 0 Å². The Labute approximate surface area is 72.1 Å². The first-order valence-electron chi connectivity index (χ1n) is 3.97. The molecule has 0 aromatic carbocycles. The fourth-order valence-corrected chi connectivity index (χ4v) is 1.12. The smallest absolute Gasteiger partial charge is 0.207 e. The van der Waals surface area contributed by atoms with E-state index in [4.69, 9.17) is 11.0 Å². The van der Waals surface area contributed by atoms with Crippen LogP contribution in [0.25, 0.3) is 0 Å². The molecule has 0 spiro atoms. The molecule has 1 rings (SSSR count). The maximum Gasteiger partial charge on any atom is 0.207 e. The molecule has 1 aliphatic rings. The third-order valence-electron chi connectivity index (χ3n) is 1.71. The summed E-state index contributed by atoms with van der Waals surface area (Å²) in [4.78, 5) is 7.46. The van der Waals surface area contributed by atoms with Crippen molar-refractivity contribution in [2.45, 2.75) is 13.3 Å². The predicted octanol–water partition coefficient (Wildman–Crippen LogP) is -0.275. The molecule has 0 atom stereocenters. The van der Waals surface area contributed by atoms with Crippen LogP contribution in [0.15, 0.2) is 4.99 Å². The molecule has 12 heavy (non-hydrogen) atoms. The summed E-state index contributed by atoms with van der Waals surface area (Å²) in [5.41, 5.74) is 5.47. The Morgan fingerprint density at radius 3 is 3.08 bits per heavy atom.